The van der Waals surface area contributed by atoms with Crippen LogP contribution in [0.3, 0.4) is 0 Å². The van der Waals surface area contributed by atoms with Gasteiger partial charge in [-0.05, 0) is 67.2 Å². The minimum absolute atomic E-state index is 0.0220. The highest BCUT2D eigenvalue weighted by atomic mass is 35.5. The molecule has 2 aromatic carbocycles. The van der Waals surface area contributed by atoms with E-state index in [1.54, 1.807) is 12.3 Å². The van der Waals surface area contributed by atoms with E-state index in [0.717, 1.165) is 37.5 Å². The lowest BCUT2D eigenvalue weighted by atomic mass is 9.63. The number of H-pyrrole nitrogens is 1. The summed E-state index contributed by atoms with van der Waals surface area (Å²) in [5.74, 6) is 1.20. The van der Waals surface area contributed by atoms with Crippen LogP contribution in [0.25, 0.3) is 10.8 Å². The molecule has 0 aliphatic heterocycles. The molecular formula is C26H31ClN2O2. The van der Waals surface area contributed by atoms with E-state index in [0.29, 0.717) is 22.1 Å². The zero-order valence-corrected chi connectivity index (χ0v) is 19.0. The standard InChI is InChI=1S/C26H31ClN2O2/c1-17(2)14-24(28)26(19-6-4-3-5-7-19)11-8-20(9-12-26)31-23-15-18-10-13-29-25(30)21(18)16-22(23)27/h3-7,10,13,15-17,20,24H,8-9,11-12,14,28H2,1-2H3,(H,29,30)/t20?,24-,26?/m0/s1. The van der Waals surface area contributed by atoms with Gasteiger partial charge in [-0.25, -0.2) is 0 Å². The highest BCUT2D eigenvalue weighted by Crippen LogP contribution is 2.44. The van der Waals surface area contributed by atoms with Gasteiger partial charge in [0.05, 0.1) is 11.1 Å². The lowest BCUT2D eigenvalue weighted by Gasteiger charge is -2.45. The van der Waals surface area contributed by atoms with Gasteiger partial charge in [-0.3, -0.25) is 4.79 Å². The number of nitrogens with two attached hydrogens (primary N) is 1. The number of aromatic nitrogens is 1. The van der Waals surface area contributed by atoms with Gasteiger partial charge in [0.1, 0.15) is 5.75 Å². The molecule has 5 heteroatoms. The number of rotatable bonds is 6. The molecule has 1 aliphatic rings. The summed E-state index contributed by atoms with van der Waals surface area (Å²) in [5.41, 5.74) is 7.99. The van der Waals surface area contributed by atoms with Gasteiger partial charge in [0, 0.05) is 23.0 Å². The van der Waals surface area contributed by atoms with Crippen LogP contribution in [0, 0.1) is 5.92 Å². The first kappa shape index (κ1) is 21.9. The van der Waals surface area contributed by atoms with E-state index < -0.39 is 0 Å². The van der Waals surface area contributed by atoms with Crippen LogP contribution in [-0.4, -0.2) is 17.1 Å². The number of hydrogen-bond acceptors (Lipinski definition) is 3. The second-order valence-electron chi connectivity index (χ2n) is 9.25. The summed E-state index contributed by atoms with van der Waals surface area (Å²) in [6, 6.07) is 16.3. The van der Waals surface area contributed by atoms with Crippen molar-refractivity contribution in [1.82, 2.24) is 4.98 Å². The highest BCUT2D eigenvalue weighted by Gasteiger charge is 2.42. The number of pyridine rings is 1. The van der Waals surface area contributed by atoms with Crippen molar-refractivity contribution < 1.29 is 4.74 Å². The molecule has 1 fully saturated rings. The molecule has 0 spiro atoms. The van der Waals surface area contributed by atoms with Crippen LogP contribution in [0.1, 0.15) is 51.5 Å². The van der Waals surface area contributed by atoms with Crippen molar-refractivity contribution in [3.8, 4) is 5.75 Å². The van der Waals surface area contributed by atoms with Crippen LogP contribution in [0.4, 0.5) is 0 Å². The van der Waals surface area contributed by atoms with Crippen molar-refractivity contribution in [2.75, 3.05) is 0 Å². The van der Waals surface area contributed by atoms with Crippen LogP contribution in [0.5, 0.6) is 5.75 Å². The Morgan fingerprint density at radius 1 is 1.16 bits per heavy atom. The van der Waals surface area contributed by atoms with Crippen molar-refractivity contribution >= 4 is 22.4 Å². The number of nitrogens with one attached hydrogen (secondary N) is 1. The second kappa shape index (κ2) is 9.05. The molecule has 0 saturated heterocycles. The molecule has 4 nitrogen and oxygen atoms in total. The molecule has 1 saturated carbocycles. The first-order chi connectivity index (χ1) is 14.9. The molecule has 1 aromatic heterocycles. The summed E-state index contributed by atoms with van der Waals surface area (Å²) in [6.07, 6.45) is 6.55. The van der Waals surface area contributed by atoms with Crippen molar-refractivity contribution in [1.29, 1.82) is 0 Å². The van der Waals surface area contributed by atoms with Gasteiger partial charge in [0.15, 0.2) is 0 Å². The molecule has 3 N–H and O–H groups in total. The summed E-state index contributed by atoms with van der Waals surface area (Å²) >= 11 is 6.46. The molecule has 1 aliphatic carbocycles. The van der Waals surface area contributed by atoms with Gasteiger partial charge in [0.25, 0.3) is 5.56 Å². The van der Waals surface area contributed by atoms with E-state index in [1.165, 1.54) is 5.56 Å². The number of benzene rings is 2. The van der Waals surface area contributed by atoms with Crippen LogP contribution in [0.2, 0.25) is 5.02 Å². The van der Waals surface area contributed by atoms with Crippen LogP contribution >= 0.6 is 11.6 Å². The van der Waals surface area contributed by atoms with Gasteiger partial charge in [-0.1, -0.05) is 55.8 Å². The minimum Gasteiger partial charge on any atom is -0.489 e. The maximum Gasteiger partial charge on any atom is 0.255 e. The molecular weight excluding hydrogens is 408 g/mol. The van der Waals surface area contributed by atoms with Crippen LogP contribution in [-0.2, 0) is 5.41 Å². The molecule has 4 rings (SSSR count). The smallest absolute Gasteiger partial charge is 0.255 e. The summed E-state index contributed by atoms with van der Waals surface area (Å²) in [6.45, 7) is 4.47. The molecule has 1 atom stereocenters. The number of ether oxygens (including phenoxy) is 1. The largest absolute Gasteiger partial charge is 0.489 e. The van der Waals surface area contributed by atoms with E-state index >= 15 is 0 Å². The second-order valence-corrected chi connectivity index (χ2v) is 9.66. The average molecular weight is 439 g/mol. The molecule has 3 aromatic rings. The topological polar surface area (TPSA) is 68.1 Å². The number of hydrogen-bond donors (Lipinski definition) is 2. The van der Waals surface area contributed by atoms with Gasteiger partial charge >= 0.3 is 0 Å². The molecule has 0 radical (unpaired) electrons. The Labute approximate surface area is 188 Å². The predicted octanol–water partition coefficient (Wildman–Crippen LogP) is 5.81. The fourth-order valence-corrected chi connectivity index (χ4v) is 5.27. The van der Waals surface area contributed by atoms with Crippen molar-refractivity contribution in [3.63, 3.8) is 0 Å². The molecule has 1 heterocycles. The van der Waals surface area contributed by atoms with Crippen molar-refractivity contribution in [2.24, 2.45) is 11.7 Å². The summed E-state index contributed by atoms with van der Waals surface area (Å²) in [5, 5.41) is 1.88. The van der Waals surface area contributed by atoms with E-state index in [-0.39, 0.29) is 23.1 Å². The number of aromatic amines is 1. The van der Waals surface area contributed by atoms with E-state index in [2.05, 4.69) is 49.2 Å². The van der Waals surface area contributed by atoms with Gasteiger partial charge in [-0.15, -0.1) is 0 Å². The van der Waals surface area contributed by atoms with Crippen LogP contribution in [0.15, 0.2) is 59.5 Å². The Hall–Kier alpha value is -2.30. The highest BCUT2D eigenvalue weighted by molar-refractivity contribution is 6.32. The maximum absolute atomic E-state index is 12.0. The third-order valence-electron chi connectivity index (χ3n) is 6.73. The lowest BCUT2D eigenvalue weighted by molar-refractivity contribution is 0.100. The molecule has 31 heavy (non-hydrogen) atoms. The Balaban J connectivity index is 1.54. The average Bonchev–Trinajstić information content (AvgIpc) is 2.76. The monoisotopic (exact) mass is 438 g/mol. The Bertz CT molecular complexity index is 1090. The zero-order valence-electron chi connectivity index (χ0n) is 18.2. The number of fused-ring (bicyclic) bond motifs is 1. The van der Waals surface area contributed by atoms with Gasteiger partial charge < -0.3 is 15.5 Å². The Morgan fingerprint density at radius 3 is 2.55 bits per heavy atom. The van der Waals surface area contributed by atoms with Crippen molar-refractivity contribution in [3.05, 3.63) is 75.7 Å². The maximum atomic E-state index is 12.0. The summed E-state index contributed by atoms with van der Waals surface area (Å²) < 4.78 is 6.34. The summed E-state index contributed by atoms with van der Waals surface area (Å²) in [4.78, 5) is 14.7. The predicted molar refractivity (Wildman–Crippen MR) is 128 cm³/mol. The van der Waals surface area contributed by atoms with E-state index in [1.807, 2.05) is 12.1 Å². The summed E-state index contributed by atoms with van der Waals surface area (Å²) in [7, 11) is 0. The van der Waals surface area contributed by atoms with Gasteiger partial charge in [0.2, 0.25) is 0 Å². The van der Waals surface area contributed by atoms with Crippen molar-refractivity contribution in [2.45, 2.75) is 63.5 Å². The third kappa shape index (κ3) is 4.51. The van der Waals surface area contributed by atoms with E-state index in [9.17, 15) is 4.79 Å². The molecule has 164 valence electrons. The SMILES string of the molecule is CC(C)C[C@H](N)C1(c2ccccc2)CCC(Oc2cc3cc[nH]c(=O)c3cc2Cl)CC1. The quantitative estimate of drug-likeness (QED) is 0.509. The minimum atomic E-state index is -0.143. The normalized spacial score (nSPS) is 22.5. The zero-order chi connectivity index (χ0) is 22.0. The van der Waals surface area contributed by atoms with E-state index in [4.69, 9.17) is 22.1 Å². The molecule has 0 unspecified atom stereocenters. The van der Waals surface area contributed by atoms with Gasteiger partial charge in [-0.2, -0.15) is 0 Å². The fourth-order valence-electron chi connectivity index (χ4n) is 5.06. The van der Waals surface area contributed by atoms with Crippen LogP contribution < -0.4 is 16.0 Å². The molecule has 0 bridgehead atoms. The lowest BCUT2D eigenvalue weighted by Crippen LogP contribution is -2.49. The molecule has 0 amide bonds. The Morgan fingerprint density at radius 2 is 1.87 bits per heavy atom. The Kier molecular flexibility index (Phi) is 6.40. The first-order valence-electron chi connectivity index (χ1n) is 11.2. The fraction of sp³-hybridized carbons (Fsp3) is 0.423. The first-order valence-corrected chi connectivity index (χ1v) is 11.6. The number of halogens is 1. The third-order valence-corrected chi connectivity index (χ3v) is 7.02.